The summed E-state index contributed by atoms with van der Waals surface area (Å²) in [6, 6.07) is 21.5. The van der Waals surface area contributed by atoms with Gasteiger partial charge < -0.3 is 0 Å². The Labute approximate surface area is 116 Å². The predicted molar refractivity (Wildman–Crippen MR) is 83.3 cm³/mol. The molecule has 1 atom stereocenters. The van der Waals surface area contributed by atoms with E-state index in [2.05, 4.69) is 81.1 Å². The lowest BCUT2D eigenvalue weighted by molar-refractivity contribution is 0.524. The van der Waals surface area contributed by atoms with E-state index in [0.717, 1.165) is 6.42 Å². The van der Waals surface area contributed by atoms with Crippen molar-refractivity contribution < 1.29 is 0 Å². The van der Waals surface area contributed by atoms with Crippen LogP contribution in [0.2, 0.25) is 0 Å². The summed E-state index contributed by atoms with van der Waals surface area (Å²) in [6.07, 6.45) is 1.11. The number of hydrogen-bond acceptors (Lipinski definition) is 0. The van der Waals surface area contributed by atoms with E-state index in [1.54, 1.807) is 0 Å². The third-order valence-electron chi connectivity index (χ3n) is 3.79. The van der Waals surface area contributed by atoms with Crippen LogP contribution in [-0.4, -0.2) is 0 Å². The second kappa shape index (κ2) is 6.38. The van der Waals surface area contributed by atoms with Crippen molar-refractivity contribution in [2.45, 2.75) is 26.2 Å². The van der Waals surface area contributed by atoms with Crippen LogP contribution >= 0.6 is 0 Å². The minimum absolute atomic E-state index is 0.407. The molecule has 2 aromatic rings. The molecule has 0 heterocycles. The van der Waals surface area contributed by atoms with E-state index in [4.69, 9.17) is 0 Å². The molecule has 0 saturated carbocycles. The SMILES string of the molecule is C=C(C)C(CC)C(c1ccccc1)c1ccccc1. The van der Waals surface area contributed by atoms with Gasteiger partial charge in [-0.25, -0.2) is 0 Å². The molecule has 0 N–H and O–H groups in total. The third kappa shape index (κ3) is 3.14. The summed E-state index contributed by atoms with van der Waals surface area (Å²) in [7, 11) is 0. The van der Waals surface area contributed by atoms with E-state index < -0.39 is 0 Å². The molecule has 98 valence electrons. The Bertz CT molecular complexity index is 471. The Kier molecular flexibility index (Phi) is 4.57. The van der Waals surface area contributed by atoms with Crippen LogP contribution in [-0.2, 0) is 0 Å². The van der Waals surface area contributed by atoms with Crippen molar-refractivity contribution in [3.05, 3.63) is 83.9 Å². The maximum absolute atomic E-state index is 4.20. The van der Waals surface area contributed by atoms with Gasteiger partial charge in [0.05, 0.1) is 0 Å². The minimum atomic E-state index is 0.407. The number of allylic oxidation sites excluding steroid dienone is 1. The molecule has 2 rings (SSSR count). The van der Waals surface area contributed by atoms with E-state index in [-0.39, 0.29) is 0 Å². The summed E-state index contributed by atoms with van der Waals surface area (Å²) in [4.78, 5) is 0. The molecule has 0 spiro atoms. The highest BCUT2D eigenvalue weighted by Gasteiger charge is 2.23. The van der Waals surface area contributed by atoms with Gasteiger partial charge in [-0.2, -0.15) is 0 Å². The van der Waals surface area contributed by atoms with Crippen molar-refractivity contribution in [3.63, 3.8) is 0 Å². The lowest BCUT2D eigenvalue weighted by Gasteiger charge is -2.27. The molecular weight excluding hydrogens is 228 g/mol. The quantitative estimate of drug-likeness (QED) is 0.621. The molecule has 0 amide bonds. The third-order valence-corrected chi connectivity index (χ3v) is 3.79. The lowest BCUT2D eigenvalue weighted by Crippen LogP contribution is -2.14. The summed E-state index contributed by atoms with van der Waals surface area (Å²) < 4.78 is 0. The first-order valence-electron chi connectivity index (χ1n) is 6.99. The largest absolute Gasteiger partial charge is 0.0998 e. The molecule has 0 nitrogen and oxygen atoms in total. The van der Waals surface area contributed by atoms with E-state index in [1.165, 1.54) is 16.7 Å². The second-order valence-corrected chi connectivity index (χ2v) is 5.16. The fourth-order valence-corrected chi connectivity index (χ4v) is 2.85. The van der Waals surface area contributed by atoms with Gasteiger partial charge in [0.2, 0.25) is 0 Å². The Morgan fingerprint density at radius 3 is 1.63 bits per heavy atom. The van der Waals surface area contributed by atoms with Gasteiger partial charge in [-0.15, -0.1) is 0 Å². The van der Waals surface area contributed by atoms with Crippen LogP contribution < -0.4 is 0 Å². The van der Waals surface area contributed by atoms with Crippen LogP contribution in [0.25, 0.3) is 0 Å². The van der Waals surface area contributed by atoms with E-state index in [9.17, 15) is 0 Å². The van der Waals surface area contributed by atoms with Gasteiger partial charge in [0, 0.05) is 5.92 Å². The van der Waals surface area contributed by atoms with Gasteiger partial charge in [-0.05, 0) is 30.4 Å². The molecule has 1 unspecified atom stereocenters. The van der Waals surface area contributed by atoms with Crippen LogP contribution in [0.1, 0.15) is 37.3 Å². The summed E-state index contributed by atoms with van der Waals surface area (Å²) in [6.45, 7) is 8.59. The minimum Gasteiger partial charge on any atom is -0.0998 e. The molecule has 0 aromatic heterocycles. The predicted octanol–water partition coefficient (Wildman–Crippen LogP) is 5.42. The zero-order valence-corrected chi connectivity index (χ0v) is 11.8. The van der Waals surface area contributed by atoms with Gasteiger partial charge in [0.15, 0.2) is 0 Å². The molecule has 0 aliphatic rings. The zero-order valence-electron chi connectivity index (χ0n) is 11.8. The highest BCUT2D eigenvalue weighted by Crippen LogP contribution is 2.37. The average Bonchev–Trinajstić information content (AvgIpc) is 2.46. The van der Waals surface area contributed by atoms with Gasteiger partial charge in [0.1, 0.15) is 0 Å². The Morgan fingerprint density at radius 2 is 1.32 bits per heavy atom. The fourth-order valence-electron chi connectivity index (χ4n) is 2.85. The first kappa shape index (κ1) is 13.6. The number of rotatable bonds is 5. The number of benzene rings is 2. The van der Waals surface area contributed by atoms with Crippen molar-refractivity contribution in [2.24, 2.45) is 5.92 Å². The molecule has 0 saturated heterocycles. The molecular formula is C19H22. The van der Waals surface area contributed by atoms with E-state index in [1.807, 2.05) is 0 Å². The van der Waals surface area contributed by atoms with Crippen LogP contribution in [0.5, 0.6) is 0 Å². The van der Waals surface area contributed by atoms with Crippen molar-refractivity contribution in [2.75, 3.05) is 0 Å². The summed E-state index contributed by atoms with van der Waals surface area (Å²) >= 11 is 0. The molecule has 0 radical (unpaired) electrons. The summed E-state index contributed by atoms with van der Waals surface area (Å²) in [5, 5.41) is 0. The van der Waals surface area contributed by atoms with Crippen molar-refractivity contribution in [3.8, 4) is 0 Å². The molecule has 0 aliphatic carbocycles. The Morgan fingerprint density at radius 1 is 0.895 bits per heavy atom. The molecule has 0 aliphatic heterocycles. The number of hydrogen-bond donors (Lipinski definition) is 0. The first-order chi connectivity index (χ1) is 9.24. The molecule has 0 fully saturated rings. The second-order valence-electron chi connectivity index (χ2n) is 5.16. The molecule has 2 aromatic carbocycles. The summed E-state index contributed by atoms with van der Waals surface area (Å²) in [5.41, 5.74) is 4.02. The van der Waals surface area contributed by atoms with E-state index >= 15 is 0 Å². The summed E-state index contributed by atoms with van der Waals surface area (Å²) in [5.74, 6) is 0.898. The van der Waals surface area contributed by atoms with Crippen molar-refractivity contribution >= 4 is 0 Å². The van der Waals surface area contributed by atoms with Gasteiger partial charge in [-0.3, -0.25) is 0 Å². The highest BCUT2D eigenvalue weighted by atomic mass is 14.3. The van der Waals surface area contributed by atoms with Gasteiger partial charge >= 0.3 is 0 Å². The smallest absolute Gasteiger partial charge is 0.0154 e. The van der Waals surface area contributed by atoms with Crippen LogP contribution in [0.4, 0.5) is 0 Å². The zero-order chi connectivity index (χ0) is 13.7. The maximum atomic E-state index is 4.20. The molecule has 0 bridgehead atoms. The van der Waals surface area contributed by atoms with Crippen molar-refractivity contribution in [1.29, 1.82) is 0 Å². The Balaban J connectivity index is 2.48. The lowest BCUT2D eigenvalue weighted by atomic mass is 9.76. The van der Waals surface area contributed by atoms with Gasteiger partial charge in [0.25, 0.3) is 0 Å². The first-order valence-corrected chi connectivity index (χ1v) is 6.99. The topological polar surface area (TPSA) is 0 Å². The van der Waals surface area contributed by atoms with Crippen molar-refractivity contribution in [1.82, 2.24) is 0 Å². The van der Waals surface area contributed by atoms with Gasteiger partial charge in [-0.1, -0.05) is 79.7 Å². The Hall–Kier alpha value is -1.82. The maximum Gasteiger partial charge on any atom is 0.0154 e. The molecule has 19 heavy (non-hydrogen) atoms. The highest BCUT2D eigenvalue weighted by molar-refractivity contribution is 5.35. The van der Waals surface area contributed by atoms with Crippen LogP contribution in [0.3, 0.4) is 0 Å². The monoisotopic (exact) mass is 250 g/mol. The van der Waals surface area contributed by atoms with Crippen LogP contribution in [0, 0.1) is 5.92 Å². The molecule has 0 heteroatoms. The van der Waals surface area contributed by atoms with E-state index in [0.29, 0.717) is 11.8 Å². The average molecular weight is 250 g/mol. The standard InChI is InChI=1S/C19H22/c1-4-18(15(2)3)19(16-11-7-5-8-12-16)17-13-9-6-10-14-17/h5-14,18-19H,2,4H2,1,3H3. The van der Waals surface area contributed by atoms with Crippen LogP contribution in [0.15, 0.2) is 72.8 Å². The fraction of sp³-hybridized carbons (Fsp3) is 0.263. The normalized spacial score (nSPS) is 12.4.